The zero-order valence-electron chi connectivity index (χ0n) is 9.10. The van der Waals surface area contributed by atoms with E-state index in [4.69, 9.17) is 4.74 Å². The van der Waals surface area contributed by atoms with Crippen molar-refractivity contribution >= 4 is 5.69 Å². The van der Waals surface area contributed by atoms with Gasteiger partial charge in [-0.05, 0) is 18.6 Å². The lowest BCUT2D eigenvalue weighted by Gasteiger charge is -2.00. The van der Waals surface area contributed by atoms with Crippen LogP contribution in [-0.2, 0) is 0 Å². The summed E-state index contributed by atoms with van der Waals surface area (Å²) in [6.45, 7) is 2.38. The molecule has 0 fully saturated rings. The van der Waals surface area contributed by atoms with E-state index in [1.807, 2.05) is 0 Å². The van der Waals surface area contributed by atoms with Gasteiger partial charge in [0, 0.05) is 18.6 Å². The van der Waals surface area contributed by atoms with Gasteiger partial charge in [-0.3, -0.25) is 10.1 Å². The van der Waals surface area contributed by atoms with Crippen molar-refractivity contribution in [1.82, 2.24) is 0 Å². The molecule has 4 heteroatoms. The third-order valence-corrected chi connectivity index (χ3v) is 1.86. The van der Waals surface area contributed by atoms with Crippen LogP contribution in [0.25, 0.3) is 0 Å². The van der Waals surface area contributed by atoms with Gasteiger partial charge in [-0.1, -0.05) is 18.8 Å². The first-order valence-electron chi connectivity index (χ1n) is 5.07. The second kappa shape index (κ2) is 6.46. The van der Waals surface area contributed by atoms with Crippen molar-refractivity contribution in [2.45, 2.75) is 19.8 Å². The Balaban J connectivity index is 2.44. The monoisotopic (exact) mass is 219 g/mol. The molecule has 84 valence electrons. The van der Waals surface area contributed by atoms with Crippen molar-refractivity contribution in [3.8, 4) is 17.6 Å². The van der Waals surface area contributed by atoms with Gasteiger partial charge in [-0.15, -0.1) is 0 Å². The van der Waals surface area contributed by atoms with Crippen LogP contribution in [0.3, 0.4) is 0 Å². The average molecular weight is 219 g/mol. The molecular weight excluding hydrogens is 206 g/mol. The predicted molar refractivity (Wildman–Crippen MR) is 61.3 cm³/mol. The summed E-state index contributed by atoms with van der Waals surface area (Å²) in [4.78, 5) is 9.95. The quantitative estimate of drug-likeness (QED) is 0.444. The fourth-order valence-corrected chi connectivity index (χ4v) is 1.05. The predicted octanol–water partition coefficient (Wildman–Crippen LogP) is 2.78. The van der Waals surface area contributed by atoms with E-state index in [1.165, 1.54) is 12.1 Å². The van der Waals surface area contributed by atoms with Crippen LogP contribution in [0.5, 0.6) is 5.75 Å². The van der Waals surface area contributed by atoms with Gasteiger partial charge in [0.25, 0.3) is 5.69 Å². The summed E-state index contributed by atoms with van der Waals surface area (Å²) in [6, 6.07) is 5.96. The Hall–Kier alpha value is -2.02. The molecule has 0 saturated heterocycles. The SMILES string of the molecule is CCCC#CCOc1ccc([N+](=O)[O-])cc1. The Morgan fingerprint density at radius 3 is 2.56 bits per heavy atom. The molecule has 1 rings (SSSR count). The van der Waals surface area contributed by atoms with E-state index in [-0.39, 0.29) is 5.69 Å². The molecule has 0 heterocycles. The fourth-order valence-electron chi connectivity index (χ4n) is 1.05. The van der Waals surface area contributed by atoms with E-state index in [0.717, 1.165) is 12.8 Å². The maximum Gasteiger partial charge on any atom is 0.269 e. The van der Waals surface area contributed by atoms with E-state index in [9.17, 15) is 10.1 Å². The highest BCUT2D eigenvalue weighted by Gasteiger charge is 2.03. The summed E-state index contributed by atoms with van der Waals surface area (Å²) in [6.07, 6.45) is 1.90. The lowest BCUT2D eigenvalue weighted by molar-refractivity contribution is -0.384. The van der Waals surface area contributed by atoms with Crippen LogP contribution in [0.4, 0.5) is 5.69 Å². The van der Waals surface area contributed by atoms with E-state index in [2.05, 4.69) is 18.8 Å². The number of nitro groups is 1. The summed E-state index contributed by atoms with van der Waals surface area (Å²) >= 11 is 0. The fraction of sp³-hybridized carbons (Fsp3) is 0.333. The average Bonchev–Trinajstić information content (AvgIpc) is 2.29. The summed E-state index contributed by atoms with van der Waals surface area (Å²) in [5.41, 5.74) is 0.0596. The number of nitro benzene ring substituents is 1. The first kappa shape index (κ1) is 12.1. The Bertz CT molecular complexity index is 401. The molecule has 0 saturated carbocycles. The first-order chi connectivity index (χ1) is 7.74. The number of nitrogens with zero attached hydrogens (tertiary/aromatic N) is 1. The number of benzene rings is 1. The van der Waals surface area contributed by atoms with Gasteiger partial charge < -0.3 is 4.74 Å². The van der Waals surface area contributed by atoms with E-state index in [1.54, 1.807) is 12.1 Å². The van der Waals surface area contributed by atoms with Gasteiger partial charge in [-0.25, -0.2) is 0 Å². The molecule has 0 radical (unpaired) electrons. The van der Waals surface area contributed by atoms with Gasteiger partial charge in [0.2, 0.25) is 0 Å². The standard InChI is InChI=1S/C12H13NO3/c1-2-3-4-5-10-16-12-8-6-11(7-9-12)13(14)15/h6-9H,2-3,10H2,1H3. The Labute approximate surface area is 94.4 Å². The van der Waals surface area contributed by atoms with E-state index in [0.29, 0.717) is 12.4 Å². The molecule has 0 aliphatic carbocycles. The minimum Gasteiger partial charge on any atom is -0.481 e. The molecule has 0 aromatic heterocycles. The summed E-state index contributed by atoms with van der Waals surface area (Å²) < 4.78 is 5.29. The summed E-state index contributed by atoms with van der Waals surface area (Å²) in [5.74, 6) is 6.41. The van der Waals surface area contributed by atoms with Crippen molar-refractivity contribution in [3.05, 3.63) is 34.4 Å². The van der Waals surface area contributed by atoms with Crippen LogP contribution in [0.2, 0.25) is 0 Å². The molecule has 4 nitrogen and oxygen atoms in total. The Morgan fingerprint density at radius 2 is 2.00 bits per heavy atom. The number of rotatable bonds is 4. The topological polar surface area (TPSA) is 52.4 Å². The highest BCUT2D eigenvalue weighted by atomic mass is 16.6. The Kier molecular flexibility index (Phi) is 4.87. The van der Waals surface area contributed by atoms with Crippen LogP contribution in [0.15, 0.2) is 24.3 Å². The third-order valence-electron chi connectivity index (χ3n) is 1.86. The second-order valence-corrected chi connectivity index (χ2v) is 3.14. The number of hydrogen-bond donors (Lipinski definition) is 0. The molecular formula is C12H13NO3. The van der Waals surface area contributed by atoms with Crippen LogP contribution >= 0.6 is 0 Å². The van der Waals surface area contributed by atoms with E-state index >= 15 is 0 Å². The molecule has 0 aliphatic heterocycles. The maximum absolute atomic E-state index is 10.4. The minimum atomic E-state index is -0.440. The lowest BCUT2D eigenvalue weighted by atomic mass is 10.3. The molecule has 0 spiro atoms. The van der Waals surface area contributed by atoms with Crippen molar-refractivity contribution in [2.24, 2.45) is 0 Å². The normalized spacial score (nSPS) is 9.06. The molecule has 1 aromatic rings. The molecule has 0 unspecified atom stereocenters. The van der Waals surface area contributed by atoms with Crippen LogP contribution in [0.1, 0.15) is 19.8 Å². The van der Waals surface area contributed by atoms with E-state index < -0.39 is 4.92 Å². The van der Waals surface area contributed by atoms with Gasteiger partial charge in [0.15, 0.2) is 0 Å². The lowest BCUT2D eigenvalue weighted by Crippen LogP contribution is -1.94. The van der Waals surface area contributed by atoms with Crippen LogP contribution in [0, 0.1) is 22.0 Å². The van der Waals surface area contributed by atoms with Crippen molar-refractivity contribution < 1.29 is 9.66 Å². The highest BCUT2D eigenvalue weighted by molar-refractivity contribution is 5.36. The number of non-ortho nitro benzene ring substituents is 1. The van der Waals surface area contributed by atoms with Gasteiger partial charge in [0.1, 0.15) is 12.4 Å². The van der Waals surface area contributed by atoms with Crippen LogP contribution < -0.4 is 4.74 Å². The van der Waals surface area contributed by atoms with Gasteiger partial charge in [0.05, 0.1) is 4.92 Å². The molecule has 16 heavy (non-hydrogen) atoms. The molecule has 0 amide bonds. The highest BCUT2D eigenvalue weighted by Crippen LogP contribution is 2.16. The van der Waals surface area contributed by atoms with Crippen molar-refractivity contribution in [1.29, 1.82) is 0 Å². The molecule has 0 N–H and O–H groups in total. The Morgan fingerprint density at radius 1 is 1.31 bits per heavy atom. The zero-order chi connectivity index (χ0) is 11.8. The second-order valence-electron chi connectivity index (χ2n) is 3.14. The van der Waals surface area contributed by atoms with Gasteiger partial charge in [-0.2, -0.15) is 0 Å². The molecule has 0 aliphatic rings. The summed E-state index contributed by atoms with van der Waals surface area (Å²) in [5, 5.41) is 10.4. The smallest absolute Gasteiger partial charge is 0.269 e. The van der Waals surface area contributed by atoms with Crippen molar-refractivity contribution in [2.75, 3.05) is 6.61 Å². The molecule has 0 bridgehead atoms. The minimum absolute atomic E-state index is 0.0596. The first-order valence-corrected chi connectivity index (χ1v) is 5.07. The molecule has 0 atom stereocenters. The van der Waals surface area contributed by atoms with Crippen molar-refractivity contribution in [3.63, 3.8) is 0 Å². The number of hydrogen-bond acceptors (Lipinski definition) is 3. The van der Waals surface area contributed by atoms with Gasteiger partial charge >= 0.3 is 0 Å². The van der Waals surface area contributed by atoms with Crippen LogP contribution in [-0.4, -0.2) is 11.5 Å². The zero-order valence-corrected chi connectivity index (χ0v) is 9.10. The molecule has 1 aromatic carbocycles. The third kappa shape index (κ3) is 4.01. The number of unbranched alkanes of at least 4 members (excludes halogenated alkanes) is 1. The number of ether oxygens (including phenoxy) is 1. The summed E-state index contributed by atoms with van der Waals surface area (Å²) in [7, 11) is 0. The largest absolute Gasteiger partial charge is 0.481 e. The maximum atomic E-state index is 10.4.